The van der Waals surface area contributed by atoms with E-state index < -0.39 is 0 Å². The van der Waals surface area contributed by atoms with Crippen LogP contribution in [-0.4, -0.2) is 23.9 Å². The molecule has 0 unspecified atom stereocenters. The first-order valence-corrected chi connectivity index (χ1v) is 7.87. The number of benzene rings is 1. The molecule has 0 spiro atoms. The summed E-state index contributed by atoms with van der Waals surface area (Å²) < 4.78 is 1.12. The number of nitrogens with zero attached hydrogens (tertiary/aromatic N) is 1. The maximum Gasteiger partial charge on any atom is 0.266 e. The summed E-state index contributed by atoms with van der Waals surface area (Å²) in [6.45, 7) is 6.27. The van der Waals surface area contributed by atoms with Gasteiger partial charge in [0.2, 0.25) is 0 Å². The number of fused-ring (bicyclic) bond motifs is 1. The van der Waals surface area contributed by atoms with Crippen LogP contribution in [0.1, 0.15) is 41.9 Å². The van der Waals surface area contributed by atoms with Crippen LogP contribution in [0.4, 0.5) is 5.69 Å². The largest absolute Gasteiger partial charge is 0.397 e. The van der Waals surface area contributed by atoms with Crippen LogP contribution < -0.4 is 5.73 Å². The number of hydrogen-bond donors (Lipinski definition) is 1. The molecule has 0 bridgehead atoms. The molecular formula is C16H22N2OS. The predicted octanol–water partition coefficient (Wildman–Crippen LogP) is 4.05. The van der Waals surface area contributed by atoms with Gasteiger partial charge in [-0.15, -0.1) is 11.3 Å². The summed E-state index contributed by atoms with van der Waals surface area (Å²) in [5, 5.41) is 0.997. The number of rotatable bonds is 4. The van der Waals surface area contributed by atoms with Crippen molar-refractivity contribution in [1.82, 2.24) is 4.90 Å². The number of hydrogen-bond acceptors (Lipinski definition) is 3. The highest BCUT2D eigenvalue weighted by Gasteiger charge is 2.23. The van der Waals surface area contributed by atoms with Crippen molar-refractivity contribution in [2.75, 3.05) is 12.8 Å². The molecule has 2 rings (SSSR count). The topological polar surface area (TPSA) is 46.3 Å². The minimum atomic E-state index is 0.0387. The lowest BCUT2D eigenvalue weighted by atomic mass is 10.1. The van der Waals surface area contributed by atoms with E-state index in [0.29, 0.717) is 10.6 Å². The minimum Gasteiger partial charge on any atom is -0.397 e. The number of carbonyl (C=O) groups excluding carboxylic acids is 1. The smallest absolute Gasteiger partial charge is 0.266 e. The molecule has 0 radical (unpaired) electrons. The van der Waals surface area contributed by atoms with Gasteiger partial charge in [0.25, 0.3) is 5.91 Å². The van der Waals surface area contributed by atoms with Gasteiger partial charge in [0.15, 0.2) is 0 Å². The fraction of sp³-hybridized carbons (Fsp3) is 0.438. The van der Waals surface area contributed by atoms with Crippen molar-refractivity contribution in [2.45, 2.75) is 39.7 Å². The van der Waals surface area contributed by atoms with Gasteiger partial charge in [0.05, 0.1) is 5.69 Å². The van der Waals surface area contributed by atoms with Crippen LogP contribution in [0.2, 0.25) is 0 Å². The third-order valence-electron chi connectivity index (χ3n) is 3.96. The first kappa shape index (κ1) is 14.9. The lowest BCUT2D eigenvalue weighted by Gasteiger charge is -2.25. The first-order chi connectivity index (χ1) is 9.51. The molecule has 0 saturated heterocycles. The zero-order valence-corrected chi connectivity index (χ0v) is 13.4. The molecule has 0 aliphatic rings. The fourth-order valence-electron chi connectivity index (χ4n) is 2.60. The molecule has 20 heavy (non-hydrogen) atoms. The van der Waals surface area contributed by atoms with E-state index in [1.165, 1.54) is 16.9 Å². The van der Waals surface area contributed by atoms with Crippen molar-refractivity contribution in [1.29, 1.82) is 0 Å². The molecule has 0 atom stereocenters. The lowest BCUT2D eigenvalue weighted by Crippen LogP contribution is -2.36. The summed E-state index contributed by atoms with van der Waals surface area (Å²) in [7, 11) is 1.87. The Morgan fingerprint density at radius 2 is 2.00 bits per heavy atom. The van der Waals surface area contributed by atoms with E-state index in [0.717, 1.165) is 22.9 Å². The van der Waals surface area contributed by atoms with Gasteiger partial charge in [0, 0.05) is 23.2 Å². The Morgan fingerprint density at radius 1 is 1.35 bits per heavy atom. The average Bonchev–Trinajstić information content (AvgIpc) is 2.78. The second-order valence-electron chi connectivity index (χ2n) is 5.18. The van der Waals surface area contributed by atoms with Gasteiger partial charge in [-0.1, -0.05) is 32.0 Å². The van der Waals surface area contributed by atoms with Crippen molar-refractivity contribution < 1.29 is 4.79 Å². The summed E-state index contributed by atoms with van der Waals surface area (Å²) >= 11 is 1.51. The van der Waals surface area contributed by atoms with Gasteiger partial charge in [0.1, 0.15) is 4.88 Å². The zero-order valence-electron chi connectivity index (χ0n) is 12.6. The monoisotopic (exact) mass is 290 g/mol. The number of nitrogens with two attached hydrogens (primary N) is 1. The van der Waals surface area contributed by atoms with Crippen molar-refractivity contribution in [3.8, 4) is 0 Å². The number of amides is 1. The third kappa shape index (κ3) is 2.40. The average molecular weight is 290 g/mol. The molecule has 1 heterocycles. The van der Waals surface area contributed by atoms with Gasteiger partial charge < -0.3 is 10.6 Å². The van der Waals surface area contributed by atoms with E-state index in [1.54, 1.807) is 0 Å². The molecule has 2 N–H and O–H groups in total. The molecule has 108 valence electrons. The predicted molar refractivity (Wildman–Crippen MR) is 87.4 cm³/mol. The van der Waals surface area contributed by atoms with Crippen LogP contribution in [0.15, 0.2) is 18.2 Å². The molecule has 4 heteroatoms. The van der Waals surface area contributed by atoms with E-state index in [1.807, 2.05) is 24.1 Å². The van der Waals surface area contributed by atoms with Crippen LogP contribution in [0.25, 0.3) is 10.1 Å². The molecule has 1 aromatic heterocycles. The highest BCUT2D eigenvalue weighted by Crippen LogP contribution is 2.36. The molecule has 1 amide bonds. The van der Waals surface area contributed by atoms with Crippen LogP contribution in [0.5, 0.6) is 0 Å². The van der Waals surface area contributed by atoms with E-state index in [-0.39, 0.29) is 11.9 Å². The maximum absolute atomic E-state index is 12.7. The lowest BCUT2D eigenvalue weighted by molar-refractivity contribution is 0.0729. The Hall–Kier alpha value is -1.55. The summed E-state index contributed by atoms with van der Waals surface area (Å²) in [6, 6.07) is 6.30. The molecule has 3 nitrogen and oxygen atoms in total. The van der Waals surface area contributed by atoms with Crippen molar-refractivity contribution in [2.24, 2.45) is 0 Å². The highest BCUT2D eigenvalue weighted by molar-refractivity contribution is 7.21. The SMILES string of the molecule is CCC(CC)N(C)C(=O)c1sc2c(C)cccc2c1N. The van der Waals surface area contributed by atoms with Crippen LogP contribution >= 0.6 is 11.3 Å². The highest BCUT2D eigenvalue weighted by atomic mass is 32.1. The van der Waals surface area contributed by atoms with Crippen molar-refractivity contribution in [3.63, 3.8) is 0 Å². The number of nitrogen functional groups attached to an aromatic ring is 1. The molecule has 0 aliphatic carbocycles. The van der Waals surface area contributed by atoms with Gasteiger partial charge in [-0.2, -0.15) is 0 Å². The molecule has 2 aromatic rings. The van der Waals surface area contributed by atoms with Crippen LogP contribution in [0.3, 0.4) is 0 Å². The Labute approximate surface area is 124 Å². The van der Waals surface area contributed by atoms with Crippen molar-refractivity contribution >= 4 is 33.0 Å². The molecule has 0 saturated carbocycles. The van der Waals surface area contributed by atoms with Gasteiger partial charge >= 0.3 is 0 Å². The Morgan fingerprint density at radius 3 is 2.55 bits per heavy atom. The van der Waals surface area contributed by atoms with Crippen LogP contribution in [0, 0.1) is 6.92 Å². The van der Waals surface area contributed by atoms with E-state index in [9.17, 15) is 4.79 Å². The zero-order chi connectivity index (χ0) is 14.9. The Balaban J connectivity index is 2.45. The standard InChI is InChI=1S/C16H22N2OS/c1-5-11(6-2)18(4)16(19)15-13(17)12-9-7-8-10(3)14(12)20-15/h7-9,11H,5-6,17H2,1-4H3. The number of anilines is 1. The molecular weight excluding hydrogens is 268 g/mol. The quantitative estimate of drug-likeness (QED) is 0.923. The Bertz CT molecular complexity index is 629. The normalized spacial score (nSPS) is 11.2. The van der Waals surface area contributed by atoms with E-state index in [2.05, 4.69) is 26.8 Å². The second-order valence-corrected chi connectivity index (χ2v) is 6.20. The van der Waals surface area contributed by atoms with Crippen LogP contribution in [-0.2, 0) is 0 Å². The van der Waals surface area contributed by atoms with Gasteiger partial charge in [-0.3, -0.25) is 4.79 Å². The second kappa shape index (κ2) is 5.83. The summed E-state index contributed by atoms with van der Waals surface area (Å²) in [4.78, 5) is 15.2. The Kier molecular flexibility index (Phi) is 4.33. The summed E-state index contributed by atoms with van der Waals surface area (Å²) in [5.74, 6) is 0.0387. The molecule has 0 fully saturated rings. The molecule has 0 aliphatic heterocycles. The first-order valence-electron chi connectivity index (χ1n) is 7.05. The maximum atomic E-state index is 12.7. The molecule has 1 aromatic carbocycles. The number of aryl methyl sites for hydroxylation is 1. The minimum absolute atomic E-state index is 0.0387. The third-order valence-corrected chi connectivity index (χ3v) is 5.30. The number of thiophene rings is 1. The van der Waals surface area contributed by atoms with Gasteiger partial charge in [-0.25, -0.2) is 0 Å². The van der Waals surface area contributed by atoms with Gasteiger partial charge in [-0.05, 0) is 25.3 Å². The summed E-state index contributed by atoms with van der Waals surface area (Å²) in [5.41, 5.74) is 7.98. The van der Waals surface area contributed by atoms with E-state index >= 15 is 0 Å². The number of carbonyl (C=O) groups is 1. The van der Waals surface area contributed by atoms with E-state index in [4.69, 9.17) is 5.73 Å². The van der Waals surface area contributed by atoms with Crippen molar-refractivity contribution in [3.05, 3.63) is 28.6 Å². The fourth-order valence-corrected chi connectivity index (χ4v) is 3.77. The summed E-state index contributed by atoms with van der Waals surface area (Å²) in [6.07, 6.45) is 1.92.